The Balaban J connectivity index is 1.51. The van der Waals surface area contributed by atoms with Gasteiger partial charge in [0.25, 0.3) is 0 Å². The van der Waals surface area contributed by atoms with E-state index in [0.717, 1.165) is 37.3 Å². The van der Waals surface area contributed by atoms with Crippen LogP contribution in [0.4, 0.5) is 4.79 Å². The minimum absolute atomic E-state index is 0.120. The van der Waals surface area contributed by atoms with E-state index >= 15 is 0 Å². The van der Waals surface area contributed by atoms with Crippen LogP contribution < -0.4 is 5.32 Å². The smallest absolute Gasteiger partial charge is 0.317 e. The molecular weight excluding hydrogens is 332 g/mol. The van der Waals surface area contributed by atoms with Crippen molar-refractivity contribution in [3.8, 4) is 0 Å². The molecule has 3 heteroatoms. The monoisotopic (exact) mass is 374 g/mol. The van der Waals surface area contributed by atoms with Crippen LogP contribution in [0.25, 0.3) is 0 Å². The van der Waals surface area contributed by atoms with Gasteiger partial charge in [0, 0.05) is 18.6 Å². The molecule has 0 aromatic heterocycles. The molecule has 3 nitrogen and oxygen atoms in total. The molecule has 0 aromatic carbocycles. The molecule has 1 saturated heterocycles. The van der Waals surface area contributed by atoms with E-state index < -0.39 is 0 Å². The Labute approximate surface area is 167 Å². The van der Waals surface area contributed by atoms with Gasteiger partial charge < -0.3 is 10.2 Å². The fraction of sp³-hybridized carbons (Fsp3) is 0.958. The normalized spacial score (nSPS) is 38.1. The van der Waals surface area contributed by atoms with Crippen LogP contribution in [-0.4, -0.2) is 29.6 Å². The Kier molecular flexibility index (Phi) is 4.45. The third-order valence-electron chi connectivity index (χ3n) is 9.06. The number of carbonyl (C=O) groups is 1. The summed E-state index contributed by atoms with van der Waals surface area (Å²) in [5, 5.41) is 3.62. The maximum Gasteiger partial charge on any atom is 0.317 e. The van der Waals surface area contributed by atoms with Crippen molar-refractivity contribution in [2.45, 2.75) is 98.4 Å². The summed E-state index contributed by atoms with van der Waals surface area (Å²) in [6, 6.07) is 0.231. The molecule has 1 N–H and O–H groups in total. The number of nitrogens with zero attached hydrogens (tertiary/aromatic N) is 1. The van der Waals surface area contributed by atoms with Gasteiger partial charge in [-0.1, -0.05) is 41.5 Å². The maximum absolute atomic E-state index is 13.4. The largest absolute Gasteiger partial charge is 0.333 e. The van der Waals surface area contributed by atoms with E-state index in [1.807, 2.05) is 0 Å². The lowest BCUT2D eigenvalue weighted by Gasteiger charge is -2.59. The summed E-state index contributed by atoms with van der Waals surface area (Å²) in [5.41, 5.74) is 0.655. The zero-order valence-electron chi connectivity index (χ0n) is 18.7. The van der Waals surface area contributed by atoms with Crippen LogP contribution in [0.15, 0.2) is 0 Å². The molecule has 27 heavy (non-hydrogen) atoms. The molecule has 0 unspecified atom stereocenters. The number of rotatable bonds is 1. The molecule has 4 aliphatic carbocycles. The molecular formula is C24H42N2O. The number of urea groups is 1. The number of carbonyl (C=O) groups excluding carboxylic acids is 1. The summed E-state index contributed by atoms with van der Waals surface area (Å²) in [6.45, 7) is 16.1. The molecule has 4 saturated carbocycles. The van der Waals surface area contributed by atoms with Crippen LogP contribution >= 0.6 is 0 Å². The second-order valence-corrected chi connectivity index (χ2v) is 12.7. The first-order chi connectivity index (χ1) is 12.4. The molecule has 1 heterocycles. The molecule has 0 atom stereocenters. The Morgan fingerprint density at radius 1 is 0.889 bits per heavy atom. The highest BCUT2D eigenvalue weighted by atomic mass is 16.2. The van der Waals surface area contributed by atoms with E-state index in [0.29, 0.717) is 0 Å². The van der Waals surface area contributed by atoms with E-state index in [9.17, 15) is 4.79 Å². The fourth-order valence-corrected chi connectivity index (χ4v) is 8.15. The quantitative estimate of drug-likeness (QED) is 0.614. The lowest BCUT2D eigenvalue weighted by Crippen LogP contribution is -2.64. The van der Waals surface area contributed by atoms with Crippen LogP contribution in [-0.2, 0) is 0 Å². The average Bonchev–Trinajstić information content (AvgIpc) is 2.51. The van der Waals surface area contributed by atoms with E-state index in [-0.39, 0.29) is 27.8 Å². The van der Waals surface area contributed by atoms with Crippen molar-refractivity contribution in [3.63, 3.8) is 0 Å². The molecule has 0 aromatic rings. The number of likely N-dealkylation sites (tertiary alicyclic amines) is 1. The maximum atomic E-state index is 13.4. The van der Waals surface area contributed by atoms with Gasteiger partial charge in [-0.3, -0.25) is 0 Å². The van der Waals surface area contributed by atoms with Gasteiger partial charge >= 0.3 is 6.03 Å². The minimum Gasteiger partial charge on any atom is -0.333 e. The Bertz CT molecular complexity index is 545. The van der Waals surface area contributed by atoms with E-state index in [1.165, 1.54) is 44.9 Å². The zero-order chi connectivity index (χ0) is 19.7. The molecule has 2 amide bonds. The summed E-state index contributed by atoms with van der Waals surface area (Å²) < 4.78 is 0. The van der Waals surface area contributed by atoms with Crippen molar-refractivity contribution in [2.75, 3.05) is 13.1 Å². The predicted molar refractivity (Wildman–Crippen MR) is 112 cm³/mol. The van der Waals surface area contributed by atoms with E-state index in [4.69, 9.17) is 0 Å². The summed E-state index contributed by atoms with van der Waals surface area (Å²) in [6.07, 6.45) is 10.3. The molecule has 4 bridgehead atoms. The molecule has 5 fully saturated rings. The van der Waals surface area contributed by atoms with Gasteiger partial charge in [0.2, 0.25) is 0 Å². The Morgan fingerprint density at radius 3 is 1.81 bits per heavy atom. The van der Waals surface area contributed by atoms with Crippen molar-refractivity contribution in [3.05, 3.63) is 0 Å². The SMILES string of the molecule is CC(C)(C)C1(C(C)(C)C)CCCN(C(=O)NC23CC4CC(CC(C4)C2)C3)C1. The van der Waals surface area contributed by atoms with Gasteiger partial charge in [-0.05, 0) is 85.4 Å². The van der Waals surface area contributed by atoms with E-state index in [1.54, 1.807) is 0 Å². The van der Waals surface area contributed by atoms with Crippen molar-refractivity contribution >= 4 is 6.03 Å². The second kappa shape index (κ2) is 6.13. The van der Waals surface area contributed by atoms with Crippen molar-refractivity contribution in [2.24, 2.45) is 34.0 Å². The van der Waals surface area contributed by atoms with Gasteiger partial charge in [-0.2, -0.15) is 0 Å². The van der Waals surface area contributed by atoms with Gasteiger partial charge in [-0.25, -0.2) is 4.79 Å². The van der Waals surface area contributed by atoms with Crippen LogP contribution in [0.3, 0.4) is 0 Å². The number of amides is 2. The highest BCUT2D eigenvalue weighted by molar-refractivity contribution is 5.75. The van der Waals surface area contributed by atoms with Gasteiger partial charge in [-0.15, -0.1) is 0 Å². The first-order valence-electron chi connectivity index (χ1n) is 11.5. The lowest BCUT2D eigenvalue weighted by molar-refractivity contribution is -0.0807. The summed E-state index contributed by atoms with van der Waals surface area (Å²) in [5.74, 6) is 2.63. The molecule has 1 aliphatic heterocycles. The standard InChI is InChI=1S/C24H42N2O/c1-21(2,3)24(22(4,5)6)8-7-9-26(16-24)20(27)25-23-13-17-10-18(14-23)12-19(11-17)15-23/h17-19H,7-16H2,1-6H3,(H,25,27). The van der Waals surface area contributed by atoms with Crippen LogP contribution in [0, 0.1) is 34.0 Å². The summed E-state index contributed by atoms with van der Waals surface area (Å²) >= 11 is 0. The van der Waals surface area contributed by atoms with Gasteiger partial charge in [0.05, 0.1) is 0 Å². The van der Waals surface area contributed by atoms with Crippen molar-refractivity contribution in [1.82, 2.24) is 10.2 Å². The van der Waals surface area contributed by atoms with Gasteiger partial charge in [0.15, 0.2) is 0 Å². The average molecular weight is 375 g/mol. The van der Waals surface area contributed by atoms with Crippen LogP contribution in [0.2, 0.25) is 0 Å². The molecule has 154 valence electrons. The highest BCUT2D eigenvalue weighted by Gasteiger charge is 2.55. The fourth-order valence-electron chi connectivity index (χ4n) is 8.15. The first-order valence-corrected chi connectivity index (χ1v) is 11.5. The van der Waals surface area contributed by atoms with Crippen molar-refractivity contribution in [1.29, 1.82) is 0 Å². The summed E-state index contributed by atoms with van der Waals surface area (Å²) in [4.78, 5) is 15.6. The molecule has 0 spiro atoms. The number of nitrogens with one attached hydrogen (secondary N) is 1. The summed E-state index contributed by atoms with van der Waals surface area (Å²) in [7, 11) is 0. The van der Waals surface area contributed by atoms with Crippen molar-refractivity contribution < 1.29 is 4.79 Å². The number of piperidine rings is 1. The topological polar surface area (TPSA) is 32.3 Å². The highest BCUT2D eigenvalue weighted by Crippen LogP contribution is 2.57. The third kappa shape index (κ3) is 3.21. The number of hydrogen-bond donors (Lipinski definition) is 1. The predicted octanol–water partition coefficient (Wildman–Crippen LogP) is 5.84. The zero-order valence-corrected chi connectivity index (χ0v) is 18.7. The third-order valence-corrected chi connectivity index (χ3v) is 9.06. The Morgan fingerprint density at radius 2 is 1.37 bits per heavy atom. The minimum atomic E-state index is 0.120. The Hall–Kier alpha value is -0.730. The van der Waals surface area contributed by atoms with Gasteiger partial charge in [0.1, 0.15) is 0 Å². The first kappa shape index (κ1) is 19.6. The molecule has 0 radical (unpaired) electrons. The lowest BCUT2D eigenvalue weighted by atomic mass is 9.51. The van der Waals surface area contributed by atoms with Crippen LogP contribution in [0.5, 0.6) is 0 Å². The van der Waals surface area contributed by atoms with E-state index in [2.05, 4.69) is 51.8 Å². The molecule has 5 aliphatic rings. The van der Waals surface area contributed by atoms with Crippen LogP contribution in [0.1, 0.15) is 92.9 Å². The number of hydrogen-bond acceptors (Lipinski definition) is 1. The second-order valence-electron chi connectivity index (χ2n) is 12.7. The molecule has 5 rings (SSSR count).